The van der Waals surface area contributed by atoms with Crippen molar-refractivity contribution in [3.63, 3.8) is 0 Å². The largest absolute Gasteiger partial charge is 0.314 e. The van der Waals surface area contributed by atoms with E-state index in [4.69, 9.17) is 11.6 Å². The molecule has 0 unspecified atom stereocenters. The van der Waals surface area contributed by atoms with Crippen molar-refractivity contribution in [3.05, 3.63) is 64.8 Å². The molecule has 2 aromatic carbocycles. The van der Waals surface area contributed by atoms with Crippen molar-refractivity contribution in [2.24, 2.45) is 0 Å². The maximum atomic E-state index is 10.9. The molecule has 3 aromatic rings. The van der Waals surface area contributed by atoms with Gasteiger partial charge in [-0.05, 0) is 43.3 Å². The van der Waals surface area contributed by atoms with E-state index < -0.39 is 0 Å². The van der Waals surface area contributed by atoms with Crippen LogP contribution >= 0.6 is 11.6 Å². The van der Waals surface area contributed by atoms with Gasteiger partial charge in [0.15, 0.2) is 0 Å². The summed E-state index contributed by atoms with van der Waals surface area (Å²) in [5.41, 5.74) is 3.88. The molecule has 1 heterocycles. The predicted molar refractivity (Wildman–Crippen MR) is 78.4 cm³/mol. The van der Waals surface area contributed by atoms with Crippen LogP contribution in [0, 0.1) is 6.92 Å². The smallest absolute Gasteiger partial charge is 0.150 e. The molecule has 0 radical (unpaired) electrons. The second kappa shape index (κ2) is 4.56. The van der Waals surface area contributed by atoms with Crippen LogP contribution in [0.3, 0.4) is 0 Å². The van der Waals surface area contributed by atoms with Gasteiger partial charge in [-0.25, -0.2) is 0 Å². The van der Waals surface area contributed by atoms with Crippen LogP contribution in [0.2, 0.25) is 5.02 Å². The number of halogens is 1. The second-order valence-electron chi connectivity index (χ2n) is 4.53. The average molecular weight is 270 g/mol. The fourth-order valence-corrected chi connectivity index (χ4v) is 2.49. The quantitative estimate of drug-likeness (QED) is 0.632. The summed E-state index contributed by atoms with van der Waals surface area (Å²) in [7, 11) is 0. The molecule has 0 aliphatic heterocycles. The van der Waals surface area contributed by atoms with Crippen LogP contribution in [0.4, 0.5) is 0 Å². The number of rotatable bonds is 2. The molecule has 0 saturated heterocycles. The van der Waals surface area contributed by atoms with Gasteiger partial charge in [-0.15, -0.1) is 0 Å². The molecule has 0 aliphatic carbocycles. The summed E-state index contributed by atoms with van der Waals surface area (Å²) in [6.45, 7) is 2.05. The maximum Gasteiger partial charge on any atom is 0.150 e. The zero-order chi connectivity index (χ0) is 13.4. The minimum absolute atomic E-state index is 0.681. The van der Waals surface area contributed by atoms with Crippen LogP contribution in [-0.4, -0.2) is 10.9 Å². The topological polar surface area (TPSA) is 22.0 Å². The number of hydrogen-bond donors (Lipinski definition) is 0. The van der Waals surface area contributed by atoms with Gasteiger partial charge in [0.05, 0.1) is 5.52 Å². The van der Waals surface area contributed by atoms with E-state index in [-0.39, 0.29) is 0 Å². The molecular weight excluding hydrogens is 258 g/mol. The highest BCUT2D eigenvalue weighted by Crippen LogP contribution is 2.25. The van der Waals surface area contributed by atoms with Gasteiger partial charge in [0, 0.05) is 27.4 Å². The second-order valence-corrected chi connectivity index (χ2v) is 4.97. The number of aryl methyl sites for hydroxylation is 1. The van der Waals surface area contributed by atoms with E-state index in [0.29, 0.717) is 10.6 Å². The Balaban J connectivity index is 2.29. The fraction of sp³-hybridized carbons (Fsp3) is 0.0625. The Morgan fingerprint density at radius 3 is 2.47 bits per heavy atom. The monoisotopic (exact) mass is 269 g/mol. The van der Waals surface area contributed by atoms with Crippen LogP contribution in [-0.2, 0) is 0 Å². The summed E-state index contributed by atoms with van der Waals surface area (Å²) in [5, 5.41) is 1.84. The Kier molecular flexibility index (Phi) is 2.88. The molecule has 0 aliphatic rings. The molecule has 0 amide bonds. The van der Waals surface area contributed by atoms with Crippen LogP contribution in [0.15, 0.2) is 48.5 Å². The standard InChI is InChI=1S/C16H12ClNO/c1-11-8-13-3-2-12(10-19)9-16(13)18(11)15-6-4-14(17)5-7-15/h2-10H,1H3. The van der Waals surface area contributed by atoms with E-state index in [2.05, 4.69) is 17.6 Å². The average Bonchev–Trinajstić information content (AvgIpc) is 2.75. The number of aldehydes is 1. The van der Waals surface area contributed by atoms with Gasteiger partial charge in [-0.1, -0.05) is 23.7 Å². The lowest BCUT2D eigenvalue weighted by Crippen LogP contribution is -1.96. The first-order valence-electron chi connectivity index (χ1n) is 6.02. The molecule has 3 heteroatoms. The SMILES string of the molecule is Cc1cc2ccc(C=O)cc2n1-c1ccc(Cl)cc1. The Labute approximate surface area is 116 Å². The van der Waals surface area contributed by atoms with E-state index in [1.807, 2.05) is 42.5 Å². The van der Waals surface area contributed by atoms with Crippen LogP contribution < -0.4 is 0 Å². The third-order valence-electron chi connectivity index (χ3n) is 3.23. The summed E-state index contributed by atoms with van der Waals surface area (Å²) in [6.07, 6.45) is 0.869. The number of fused-ring (bicyclic) bond motifs is 1. The molecule has 1 aromatic heterocycles. The maximum absolute atomic E-state index is 10.9. The Hall–Kier alpha value is -2.06. The Morgan fingerprint density at radius 1 is 1.05 bits per heavy atom. The van der Waals surface area contributed by atoms with Gasteiger partial charge >= 0.3 is 0 Å². The van der Waals surface area contributed by atoms with Gasteiger partial charge in [-0.3, -0.25) is 4.79 Å². The highest BCUT2D eigenvalue weighted by molar-refractivity contribution is 6.30. The van der Waals surface area contributed by atoms with Crippen molar-refractivity contribution in [1.29, 1.82) is 0 Å². The Morgan fingerprint density at radius 2 is 1.79 bits per heavy atom. The molecule has 0 bridgehead atoms. The van der Waals surface area contributed by atoms with Crippen LogP contribution in [0.1, 0.15) is 16.1 Å². The first kappa shape index (κ1) is 12.0. The van der Waals surface area contributed by atoms with E-state index in [1.165, 1.54) is 0 Å². The number of carbonyl (C=O) groups excluding carboxylic acids is 1. The summed E-state index contributed by atoms with van der Waals surface area (Å²) < 4.78 is 2.12. The molecule has 0 N–H and O–H groups in total. The van der Waals surface area contributed by atoms with Gasteiger partial charge in [-0.2, -0.15) is 0 Å². The Bertz CT molecular complexity index is 756. The number of nitrogens with zero attached hydrogens (tertiary/aromatic N) is 1. The number of benzene rings is 2. The molecule has 2 nitrogen and oxygen atoms in total. The van der Waals surface area contributed by atoms with Crippen molar-refractivity contribution in [2.75, 3.05) is 0 Å². The third-order valence-corrected chi connectivity index (χ3v) is 3.49. The number of aromatic nitrogens is 1. The van der Waals surface area contributed by atoms with Crippen molar-refractivity contribution < 1.29 is 4.79 Å². The van der Waals surface area contributed by atoms with E-state index in [0.717, 1.165) is 28.6 Å². The van der Waals surface area contributed by atoms with Crippen molar-refractivity contribution in [1.82, 2.24) is 4.57 Å². The van der Waals surface area contributed by atoms with Crippen molar-refractivity contribution in [3.8, 4) is 5.69 Å². The summed E-state index contributed by atoms with van der Waals surface area (Å²) in [6, 6.07) is 15.5. The minimum atomic E-state index is 0.681. The first-order chi connectivity index (χ1) is 9.19. The summed E-state index contributed by atoms with van der Waals surface area (Å²) in [5.74, 6) is 0. The van der Waals surface area contributed by atoms with Gasteiger partial charge < -0.3 is 4.57 Å². The summed E-state index contributed by atoms with van der Waals surface area (Å²) in [4.78, 5) is 10.9. The lowest BCUT2D eigenvalue weighted by molar-refractivity contribution is 0.112. The molecule has 19 heavy (non-hydrogen) atoms. The molecule has 0 spiro atoms. The normalized spacial score (nSPS) is 10.8. The minimum Gasteiger partial charge on any atom is -0.314 e. The number of hydrogen-bond acceptors (Lipinski definition) is 1. The molecule has 0 fully saturated rings. The molecular formula is C16H12ClNO. The summed E-state index contributed by atoms with van der Waals surface area (Å²) >= 11 is 5.92. The van der Waals surface area contributed by atoms with Crippen molar-refractivity contribution >= 4 is 28.8 Å². The van der Waals surface area contributed by atoms with E-state index in [9.17, 15) is 4.79 Å². The van der Waals surface area contributed by atoms with Gasteiger partial charge in [0.2, 0.25) is 0 Å². The van der Waals surface area contributed by atoms with E-state index in [1.54, 1.807) is 0 Å². The first-order valence-corrected chi connectivity index (χ1v) is 6.40. The zero-order valence-corrected chi connectivity index (χ0v) is 11.2. The predicted octanol–water partition coefficient (Wildman–Crippen LogP) is 4.40. The lowest BCUT2D eigenvalue weighted by Gasteiger charge is -2.08. The van der Waals surface area contributed by atoms with Crippen molar-refractivity contribution in [2.45, 2.75) is 6.92 Å². The number of carbonyl (C=O) groups is 1. The van der Waals surface area contributed by atoms with Gasteiger partial charge in [0.25, 0.3) is 0 Å². The van der Waals surface area contributed by atoms with Crippen LogP contribution in [0.25, 0.3) is 16.6 Å². The molecule has 0 atom stereocenters. The molecule has 3 rings (SSSR count). The zero-order valence-electron chi connectivity index (χ0n) is 10.4. The van der Waals surface area contributed by atoms with Gasteiger partial charge in [0.1, 0.15) is 6.29 Å². The van der Waals surface area contributed by atoms with Crippen LogP contribution in [0.5, 0.6) is 0 Å². The molecule has 94 valence electrons. The van der Waals surface area contributed by atoms with E-state index >= 15 is 0 Å². The highest BCUT2D eigenvalue weighted by atomic mass is 35.5. The highest BCUT2D eigenvalue weighted by Gasteiger charge is 2.08. The fourth-order valence-electron chi connectivity index (χ4n) is 2.36. The lowest BCUT2D eigenvalue weighted by atomic mass is 10.2. The molecule has 0 saturated carbocycles. The third kappa shape index (κ3) is 2.04.